The van der Waals surface area contributed by atoms with Crippen molar-refractivity contribution in [3.05, 3.63) is 34.9 Å². The molecule has 0 aromatic heterocycles. The normalized spacial score (nSPS) is 26.3. The molecule has 0 spiro atoms. The molecule has 96 valence electrons. The maximum Gasteiger partial charge on any atom is 0.140 e. The number of aryl methyl sites for hydroxylation is 2. The molecule has 0 bridgehead atoms. The van der Waals surface area contributed by atoms with Crippen molar-refractivity contribution in [2.75, 3.05) is 0 Å². The quantitative estimate of drug-likeness (QED) is 0.789. The van der Waals surface area contributed by atoms with Gasteiger partial charge in [-0.1, -0.05) is 25.1 Å². The summed E-state index contributed by atoms with van der Waals surface area (Å²) in [5.41, 5.74) is 4.22. The summed E-state index contributed by atoms with van der Waals surface area (Å²) in [7, 11) is 0. The van der Waals surface area contributed by atoms with Crippen molar-refractivity contribution in [1.29, 1.82) is 0 Å². The van der Waals surface area contributed by atoms with E-state index in [0.29, 0.717) is 18.1 Å². The minimum atomic E-state index is 0.341. The topological polar surface area (TPSA) is 17.1 Å². The lowest BCUT2D eigenvalue weighted by Crippen LogP contribution is -2.14. The van der Waals surface area contributed by atoms with Gasteiger partial charge >= 0.3 is 0 Å². The Balaban J connectivity index is 1.67. The van der Waals surface area contributed by atoms with Crippen LogP contribution in [0.25, 0.3) is 0 Å². The summed E-state index contributed by atoms with van der Waals surface area (Å²) in [5.74, 6) is 1.56. The Bertz CT molecular complexity index is 461. The van der Waals surface area contributed by atoms with Crippen LogP contribution in [0.2, 0.25) is 0 Å². The number of rotatable bonds is 3. The van der Waals surface area contributed by atoms with Gasteiger partial charge in [0.1, 0.15) is 5.78 Å². The summed E-state index contributed by atoms with van der Waals surface area (Å²) in [6, 6.07) is 6.68. The van der Waals surface area contributed by atoms with Crippen molar-refractivity contribution in [2.24, 2.45) is 11.8 Å². The molecule has 1 heteroatoms. The third kappa shape index (κ3) is 2.36. The van der Waals surface area contributed by atoms with E-state index in [4.69, 9.17) is 0 Å². The van der Waals surface area contributed by atoms with Crippen LogP contribution in [-0.2, 0) is 24.1 Å². The average Bonchev–Trinajstić information content (AvgIpc) is 2.96. The first kappa shape index (κ1) is 12.0. The van der Waals surface area contributed by atoms with E-state index in [-0.39, 0.29) is 0 Å². The lowest BCUT2D eigenvalue weighted by molar-refractivity contribution is -0.122. The molecule has 0 saturated heterocycles. The monoisotopic (exact) mass is 242 g/mol. The molecule has 18 heavy (non-hydrogen) atoms. The zero-order valence-corrected chi connectivity index (χ0v) is 11.2. The van der Waals surface area contributed by atoms with Crippen molar-refractivity contribution in [2.45, 2.75) is 51.9 Å². The number of carbonyl (C=O) groups is 1. The van der Waals surface area contributed by atoms with E-state index in [9.17, 15) is 4.79 Å². The van der Waals surface area contributed by atoms with Crippen LogP contribution < -0.4 is 0 Å². The second kappa shape index (κ2) is 4.87. The SMILES string of the molecule is CC1CCC(C(=O)Cc2ccc3c(c2)CCC3)C1. The molecule has 1 nitrogen and oxygen atoms in total. The van der Waals surface area contributed by atoms with Gasteiger partial charge in [0.25, 0.3) is 0 Å². The maximum absolute atomic E-state index is 12.3. The lowest BCUT2D eigenvalue weighted by atomic mass is 9.94. The highest BCUT2D eigenvalue weighted by molar-refractivity contribution is 5.83. The van der Waals surface area contributed by atoms with Gasteiger partial charge in [-0.15, -0.1) is 0 Å². The predicted molar refractivity (Wildman–Crippen MR) is 73.7 cm³/mol. The van der Waals surface area contributed by atoms with Crippen LogP contribution >= 0.6 is 0 Å². The molecule has 1 fully saturated rings. The number of hydrogen-bond acceptors (Lipinski definition) is 1. The number of ketones is 1. The van der Waals surface area contributed by atoms with Gasteiger partial charge < -0.3 is 0 Å². The highest BCUT2D eigenvalue weighted by atomic mass is 16.1. The summed E-state index contributed by atoms with van der Waals surface area (Å²) in [6.45, 7) is 2.27. The van der Waals surface area contributed by atoms with Crippen LogP contribution in [0.15, 0.2) is 18.2 Å². The van der Waals surface area contributed by atoms with Crippen molar-refractivity contribution in [3.63, 3.8) is 0 Å². The predicted octanol–water partition coefficient (Wildman–Crippen LogP) is 3.72. The number of carbonyl (C=O) groups excluding carboxylic acids is 1. The van der Waals surface area contributed by atoms with E-state index in [1.807, 2.05) is 0 Å². The highest BCUT2D eigenvalue weighted by Gasteiger charge is 2.27. The molecule has 0 N–H and O–H groups in total. The third-order valence-electron chi connectivity index (χ3n) is 4.69. The van der Waals surface area contributed by atoms with Crippen LogP contribution in [-0.4, -0.2) is 5.78 Å². The van der Waals surface area contributed by atoms with E-state index >= 15 is 0 Å². The number of benzene rings is 1. The molecule has 0 heterocycles. The molecule has 2 unspecified atom stereocenters. The molecular weight excluding hydrogens is 220 g/mol. The molecule has 3 rings (SSSR count). The summed E-state index contributed by atoms with van der Waals surface area (Å²) in [5, 5.41) is 0. The first-order valence-corrected chi connectivity index (χ1v) is 7.36. The fraction of sp³-hybridized carbons (Fsp3) is 0.588. The molecule has 1 saturated carbocycles. The zero-order valence-electron chi connectivity index (χ0n) is 11.2. The molecule has 2 aliphatic carbocycles. The molecule has 1 aromatic carbocycles. The van der Waals surface area contributed by atoms with Gasteiger partial charge in [0, 0.05) is 12.3 Å². The summed E-state index contributed by atoms with van der Waals surface area (Å²) in [4.78, 5) is 12.3. The number of Topliss-reactive ketones (excluding diaryl/α,β-unsaturated/α-hetero) is 1. The van der Waals surface area contributed by atoms with E-state index < -0.39 is 0 Å². The lowest BCUT2D eigenvalue weighted by Gasteiger charge is -2.09. The minimum Gasteiger partial charge on any atom is -0.299 e. The van der Waals surface area contributed by atoms with Crippen LogP contribution in [0.4, 0.5) is 0 Å². The van der Waals surface area contributed by atoms with Gasteiger partial charge in [-0.25, -0.2) is 0 Å². The Labute approximate surface area is 110 Å². The smallest absolute Gasteiger partial charge is 0.140 e. The molecule has 0 radical (unpaired) electrons. The van der Waals surface area contributed by atoms with Crippen LogP contribution in [0, 0.1) is 11.8 Å². The summed E-state index contributed by atoms with van der Waals surface area (Å²) in [6.07, 6.45) is 7.84. The molecule has 0 amide bonds. The molecule has 1 aromatic rings. The molecule has 2 atom stereocenters. The Kier molecular flexibility index (Phi) is 3.23. The Morgan fingerprint density at radius 1 is 1.22 bits per heavy atom. The first-order valence-electron chi connectivity index (χ1n) is 7.36. The average molecular weight is 242 g/mol. The molecule has 2 aliphatic rings. The third-order valence-corrected chi connectivity index (χ3v) is 4.69. The van der Waals surface area contributed by atoms with Gasteiger partial charge in [0.15, 0.2) is 0 Å². The van der Waals surface area contributed by atoms with E-state index in [1.54, 1.807) is 0 Å². The second-order valence-corrected chi connectivity index (χ2v) is 6.21. The summed E-state index contributed by atoms with van der Waals surface area (Å²) >= 11 is 0. The van der Waals surface area contributed by atoms with Crippen LogP contribution in [0.1, 0.15) is 49.3 Å². The fourth-order valence-electron chi connectivity index (χ4n) is 3.58. The van der Waals surface area contributed by atoms with Gasteiger partial charge in [-0.3, -0.25) is 4.79 Å². The standard InChI is InChI=1S/C17H22O/c1-12-5-7-16(9-12)17(18)11-13-6-8-14-3-2-4-15(14)10-13/h6,8,10,12,16H,2-5,7,9,11H2,1H3. The largest absolute Gasteiger partial charge is 0.299 e. The number of fused-ring (bicyclic) bond motifs is 1. The summed E-state index contributed by atoms with van der Waals surface area (Å²) < 4.78 is 0. The Morgan fingerprint density at radius 2 is 2.06 bits per heavy atom. The zero-order chi connectivity index (χ0) is 12.5. The second-order valence-electron chi connectivity index (χ2n) is 6.21. The van der Waals surface area contributed by atoms with Crippen LogP contribution in [0.5, 0.6) is 0 Å². The van der Waals surface area contributed by atoms with E-state index in [2.05, 4.69) is 25.1 Å². The minimum absolute atomic E-state index is 0.341. The first-order chi connectivity index (χ1) is 8.72. The molecule has 0 aliphatic heterocycles. The van der Waals surface area contributed by atoms with Gasteiger partial charge in [-0.2, -0.15) is 0 Å². The fourth-order valence-corrected chi connectivity index (χ4v) is 3.58. The van der Waals surface area contributed by atoms with E-state index in [1.165, 1.54) is 42.4 Å². The van der Waals surface area contributed by atoms with Crippen molar-refractivity contribution in [1.82, 2.24) is 0 Å². The van der Waals surface area contributed by atoms with Gasteiger partial charge in [0.05, 0.1) is 0 Å². The van der Waals surface area contributed by atoms with Crippen molar-refractivity contribution >= 4 is 5.78 Å². The van der Waals surface area contributed by atoms with Crippen molar-refractivity contribution in [3.8, 4) is 0 Å². The van der Waals surface area contributed by atoms with E-state index in [0.717, 1.165) is 18.8 Å². The van der Waals surface area contributed by atoms with Gasteiger partial charge in [0.2, 0.25) is 0 Å². The molecular formula is C17H22O. The Morgan fingerprint density at radius 3 is 2.83 bits per heavy atom. The van der Waals surface area contributed by atoms with Crippen molar-refractivity contribution < 1.29 is 4.79 Å². The number of hydrogen-bond donors (Lipinski definition) is 0. The maximum atomic E-state index is 12.3. The van der Waals surface area contributed by atoms with Crippen LogP contribution in [0.3, 0.4) is 0 Å². The highest BCUT2D eigenvalue weighted by Crippen LogP contribution is 2.32. The Hall–Kier alpha value is -1.11. The van der Waals surface area contributed by atoms with Gasteiger partial charge in [-0.05, 0) is 61.1 Å².